The van der Waals surface area contributed by atoms with Crippen LogP contribution >= 0.6 is 0 Å². The molecule has 8 heteroatoms. The van der Waals surface area contributed by atoms with Crippen LogP contribution in [0.5, 0.6) is 0 Å². The topological polar surface area (TPSA) is 79.1 Å². The lowest BCUT2D eigenvalue weighted by atomic mass is 9.81. The minimum Gasteiger partial charge on any atom is -0.440 e. The Labute approximate surface area is 232 Å². The van der Waals surface area contributed by atoms with Crippen LogP contribution < -0.4 is 0 Å². The molecule has 0 saturated carbocycles. The first kappa shape index (κ1) is 27.7. The minimum absolute atomic E-state index is 0.0672. The van der Waals surface area contributed by atoms with Gasteiger partial charge in [-0.25, -0.2) is 4.79 Å². The maximum Gasteiger partial charge on any atom is 0.411 e. The molecule has 3 saturated heterocycles. The number of hydrogen-bond acceptors (Lipinski definition) is 6. The van der Waals surface area contributed by atoms with E-state index in [2.05, 4.69) is 17.0 Å². The predicted molar refractivity (Wildman–Crippen MR) is 150 cm³/mol. The fourth-order valence-corrected chi connectivity index (χ4v) is 7.05. The van der Waals surface area contributed by atoms with Gasteiger partial charge in [0.1, 0.15) is 11.4 Å². The highest BCUT2D eigenvalue weighted by atomic mass is 16.6. The molecule has 212 valence electrons. The van der Waals surface area contributed by atoms with E-state index in [4.69, 9.17) is 9.26 Å². The Bertz CT molecular complexity index is 1150. The molecule has 2 aromatic rings. The third-order valence-corrected chi connectivity index (χ3v) is 9.46. The van der Waals surface area contributed by atoms with Crippen molar-refractivity contribution in [3.63, 3.8) is 0 Å². The van der Waals surface area contributed by atoms with Crippen molar-refractivity contribution < 1.29 is 18.8 Å². The highest BCUT2D eigenvalue weighted by Gasteiger charge is 2.55. The molecule has 8 nitrogen and oxygen atoms in total. The van der Waals surface area contributed by atoms with Crippen LogP contribution in [-0.4, -0.2) is 75.7 Å². The van der Waals surface area contributed by atoms with E-state index in [1.807, 2.05) is 55.7 Å². The molecule has 4 heterocycles. The first-order valence-electron chi connectivity index (χ1n) is 14.7. The van der Waals surface area contributed by atoms with E-state index in [1.54, 1.807) is 0 Å². The lowest BCUT2D eigenvalue weighted by Gasteiger charge is -2.46. The number of ether oxygens (including phenoxy) is 1. The van der Waals surface area contributed by atoms with Crippen LogP contribution in [0, 0.1) is 27.7 Å². The zero-order valence-corrected chi connectivity index (χ0v) is 24.3. The van der Waals surface area contributed by atoms with E-state index in [0.717, 1.165) is 105 Å². The quantitative estimate of drug-likeness (QED) is 0.461. The molecule has 2 amide bonds. The predicted octanol–water partition coefficient (Wildman–Crippen LogP) is 5.56. The van der Waals surface area contributed by atoms with Crippen molar-refractivity contribution in [2.24, 2.45) is 0 Å². The van der Waals surface area contributed by atoms with E-state index in [9.17, 15) is 9.59 Å². The summed E-state index contributed by atoms with van der Waals surface area (Å²) in [5.74, 6) is 0.935. The van der Waals surface area contributed by atoms with Gasteiger partial charge < -0.3 is 14.2 Å². The monoisotopic (exact) mass is 536 g/mol. The second-order valence-electron chi connectivity index (χ2n) is 11.8. The number of rotatable bonds is 7. The van der Waals surface area contributed by atoms with Crippen molar-refractivity contribution in [1.82, 2.24) is 19.9 Å². The Morgan fingerprint density at radius 2 is 1.72 bits per heavy atom. The third kappa shape index (κ3) is 5.32. The minimum atomic E-state index is -0.430. The van der Waals surface area contributed by atoms with Crippen LogP contribution in [-0.2, 0) is 11.3 Å². The van der Waals surface area contributed by atoms with Gasteiger partial charge in [-0.1, -0.05) is 43.1 Å². The van der Waals surface area contributed by atoms with Crippen LogP contribution in [0.2, 0.25) is 0 Å². The average Bonchev–Trinajstić information content (AvgIpc) is 3.37. The molecule has 3 aliphatic heterocycles. The van der Waals surface area contributed by atoms with Gasteiger partial charge in [0.15, 0.2) is 0 Å². The highest BCUT2D eigenvalue weighted by molar-refractivity contribution is 5.97. The van der Waals surface area contributed by atoms with E-state index in [1.165, 1.54) is 0 Å². The standard InChI is InChI=1S/C31H44N4O4/c1-6-7-11-27-31(38-30(37)35(27)20-26-23(4)32-39-24(26)5)14-18-33(19-15-31)25-12-16-34(17-13-25)29(36)28-21(2)9-8-10-22(28)3/h8-10,25,27H,6-7,11-20H2,1-5H3. The number of unbranched alkanes of at least 4 members (excludes halogenated alkanes) is 1. The summed E-state index contributed by atoms with van der Waals surface area (Å²) in [7, 11) is 0. The number of carbonyl (C=O) groups is 2. The van der Waals surface area contributed by atoms with E-state index < -0.39 is 5.60 Å². The molecule has 3 aliphatic rings. The summed E-state index contributed by atoms with van der Waals surface area (Å²) in [6, 6.07) is 6.60. The molecule has 1 aromatic heterocycles. The summed E-state index contributed by atoms with van der Waals surface area (Å²) in [6.07, 6.45) is 6.58. The molecule has 0 radical (unpaired) electrons. The van der Waals surface area contributed by atoms with Crippen molar-refractivity contribution >= 4 is 12.0 Å². The van der Waals surface area contributed by atoms with Crippen LogP contribution in [0.3, 0.4) is 0 Å². The van der Waals surface area contributed by atoms with Crippen LogP contribution in [0.4, 0.5) is 4.79 Å². The van der Waals surface area contributed by atoms with Gasteiger partial charge in [0, 0.05) is 56.2 Å². The molecular weight excluding hydrogens is 492 g/mol. The van der Waals surface area contributed by atoms with Crippen molar-refractivity contribution in [1.29, 1.82) is 0 Å². The Hall–Kier alpha value is -2.87. The van der Waals surface area contributed by atoms with Crippen molar-refractivity contribution in [3.8, 4) is 0 Å². The van der Waals surface area contributed by atoms with Gasteiger partial charge in [-0.15, -0.1) is 0 Å². The summed E-state index contributed by atoms with van der Waals surface area (Å²) in [6.45, 7) is 14.0. The number of aryl methyl sites for hydroxylation is 4. The molecule has 0 bridgehead atoms. The van der Waals surface area contributed by atoms with Gasteiger partial charge in [-0.3, -0.25) is 14.6 Å². The van der Waals surface area contributed by atoms with Crippen molar-refractivity contribution in [2.45, 2.75) is 104 Å². The number of benzene rings is 1. The van der Waals surface area contributed by atoms with Crippen molar-refractivity contribution in [2.75, 3.05) is 26.2 Å². The number of piperidine rings is 2. The summed E-state index contributed by atoms with van der Waals surface area (Å²) in [5.41, 5.74) is 4.36. The fourth-order valence-electron chi connectivity index (χ4n) is 7.05. The van der Waals surface area contributed by atoms with E-state index >= 15 is 0 Å². The van der Waals surface area contributed by atoms with E-state index in [0.29, 0.717) is 12.6 Å². The Morgan fingerprint density at radius 3 is 2.31 bits per heavy atom. The number of amides is 2. The zero-order chi connectivity index (χ0) is 27.7. The molecule has 1 atom stereocenters. The van der Waals surface area contributed by atoms with Crippen molar-refractivity contribution in [3.05, 3.63) is 51.9 Å². The maximum absolute atomic E-state index is 13.3. The van der Waals surface area contributed by atoms with E-state index in [-0.39, 0.29) is 18.0 Å². The first-order valence-corrected chi connectivity index (χ1v) is 14.7. The highest BCUT2D eigenvalue weighted by Crippen LogP contribution is 2.42. The van der Waals surface area contributed by atoms with Gasteiger partial charge in [0.2, 0.25) is 0 Å². The molecule has 1 spiro atoms. The van der Waals surface area contributed by atoms with Gasteiger partial charge in [-0.05, 0) is 58.1 Å². The second-order valence-corrected chi connectivity index (χ2v) is 11.8. The molecular formula is C31H44N4O4. The number of likely N-dealkylation sites (tertiary alicyclic amines) is 2. The summed E-state index contributed by atoms with van der Waals surface area (Å²) >= 11 is 0. The number of hydrogen-bond donors (Lipinski definition) is 0. The van der Waals surface area contributed by atoms with Crippen LogP contribution in [0.1, 0.15) is 90.4 Å². The van der Waals surface area contributed by atoms with Gasteiger partial charge in [0.05, 0.1) is 18.3 Å². The second kappa shape index (κ2) is 11.3. The average molecular weight is 537 g/mol. The molecule has 3 fully saturated rings. The van der Waals surface area contributed by atoms with Crippen LogP contribution in [0.25, 0.3) is 0 Å². The number of nitrogens with zero attached hydrogens (tertiary/aromatic N) is 4. The SMILES string of the molecule is CCCCC1N(Cc2c(C)noc2C)C(=O)OC12CCN(C1CCN(C(=O)c3c(C)cccc3C)CC1)CC2. The first-order chi connectivity index (χ1) is 18.7. The summed E-state index contributed by atoms with van der Waals surface area (Å²) < 4.78 is 11.6. The molecule has 1 aromatic carbocycles. The smallest absolute Gasteiger partial charge is 0.411 e. The third-order valence-electron chi connectivity index (χ3n) is 9.46. The van der Waals surface area contributed by atoms with Gasteiger partial charge >= 0.3 is 6.09 Å². The normalized spacial score (nSPS) is 22.1. The number of carbonyl (C=O) groups excluding carboxylic acids is 2. The lowest BCUT2D eigenvalue weighted by Crippen LogP contribution is -2.56. The molecule has 39 heavy (non-hydrogen) atoms. The molecule has 0 N–H and O–H groups in total. The molecule has 5 rings (SSSR count). The summed E-state index contributed by atoms with van der Waals surface area (Å²) in [4.78, 5) is 33.1. The molecule has 1 unspecified atom stereocenters. The van der Waals surface area contributed by atoms with Gasteiger partial charge in [-0.2, -0.15) is 0 Å². The van der Waals surface area contributed by atoms with Gasteiger partial charge in [0.25, 0.3) is 5.91 Å². The Morgan fingerprint density at radius 1 is 1.05 bits per heavy atom. The van der Waals surface area contributed by atoms with Crippen LogP contribution in [0.15, 0.2) is 22.7 Å². The summed E-state index contributed by atoms with van der Waals surface area (Å²) in [5, 5.41) is 4.09. The lowest BCUT2D eigenvalue weighted by molar-refractivity contribution is -0.0383. The fraction of sp³-hybridized carbons (Fsp3) is 0.645. The largest absolute Gasteiger partial charge is 0.440 e. The zero-order valence-electron chi connectivity index (χ0n) is 24.3. The molecule has 0 aliphatic carbocycles. The Kier molecular flexibility index (Phi) is 8.04. The maximum atomic E-state index is 13.3. The Balaban J connectivity index is 1.21. The number of aromatic nitrogens is 1.